The molecule has 0 aliphatic heterocycles. The summed E-state index contributed by atoms with van der Waals surface area (Å²) in [6.07, 6.45) is 1.44. The molecule has 2 N–H and O–H groups in total. The van der Waals surface area contributed by atoms with Gasteiger partial charge in [-0.25, -0.2) is 13.1 Å². The first-order chi connectivity index (χ1) is 16.2. The molecule has 0 bridgehead atoms. The molecule has 0 heterocycles. The summed E-state index contributed by atoms with van der Waals surface area (Å²) in [4.78, 5) is 27.6. The van der Waals surface area contributed by atoms with Gasteiger partial charge >= 0.3 is 0 Å². The van der Waals surface area contributed by atoms with E-state index >= 15 is 0 Å². The number of carbonyl (C=O) groups is 2. The molecule has 186 valence electrons. The second kappa shape index (κ2) is 13.1. The molecule has 0 spiro atoms. The summed E-state index contributed by atoms with van der Waals surface area (Å²) in [5.41, 5.74) is 1.73. The third kappa shape index (κ3) is 7.85. The summed E-state index contributed by atoms with van der Waals surface area (Å²) in [5, 5.41) is 2.86. The van der Waals surface area contributed by atoms with Gasteiger partial charge < -0.3 is 15.0 Å². The average Bonchev–Trinajstić information content (AvgIpc) is 2.84. The van der Waals surface area contributed by atoms with Crippen LogP contribution in [0.4, 0.5) is 0 Å². The molecule has 1 atom stereocenters. The highest BCUT2D eigenvalue weighted by molar-refractivity contribution is 7.89. The summed E-state index contributed by atoms with van der Waals surface area (Å²) in [6, 6.07) is 13.3. The predicted molar refractivity (Wildman–Crippen MR) is 132 cm³/mol. The first-order valence-electron chi connectivity index (χ1n) is 11.5. The first-order valence-corrected chi connectivity index (χ1v) is 13.0. The molecule has 0 saturated heterocycles. The molecule has 0 saturated carbocycles. The topological polar surface area (TPSA) is 105 Å². The Bertz CT molecular complexity index is 1040. The largest absolute Gasteiger partial charge is 0.497 e. The Hall–Kier alpha value is -2.91. The molecule has 0 radical (unpaired) electrons. The Labute approximate surface area is 202 Å². The molecular formula is C25H35N3O5S. The van der Waals surface area contributed by atoms with Crippen LogP contribution in [-0.4, -0.2) is 51.4 Å². The number of nitrogens with zero attached hydrogens (tertiary/aromatic N) is 1. The highest BCUT2D eigenvalue weighted by Crippen LogP contribution is 2.17. The second-order valence-electron chi connectivity index (χ2n) is 7.98. The Morgan fingerprint density at radius 2 is 1.62 bits per heavy atom. The van der Waals surface area contributed by atoms with Crippen LogP contribution in [0.25, 0.3) is 0 Å². The number of carbonyl (C=O) groups excluding carboxylic acids is 2. The van der Waals surface area contributed by atoms with Gasteiger partial charge in [0.1, 0.15) is 11.8 Å². The fourth-order valence-electron chi connectivity index (χ4n) is 3.41. The summed E-state index contributed by atoms with van der Waals surface area (Å²) in [6.45, 7) is 6.58. The van der Waals surface area contributed by atoms with Crippen LogP contribution < -0.4 is 14.8 Å². The normalized spacial score (nSPS) is 12.1. The average molecular weight is 490 g/mol. The van der Waals surface area contributed by atoms with Crippen molar-refractivity contribution in [1.29, 1.82) is 0 Å². The Balaban J connectivity index is 2.12. The summed E-state index contributed by atoms with van der Waals surface area (Å²) in [7, 11) is -1.93. The number of methoxy groups -OCH3 is 1. The Morgan fingerprint density at radius 1 is 1.00 bits per heavy atom. The van der Waals surface area contributed by atoms with Crippen molar-refractivity contribution in [2.75, 3.05) is 20.2 Å². The zero-order valence-corrected chi connectivity index (χ0v) is 21.2. The number of hydrogen-bond acceptors (Lipinski definition) is 5. The van der Waals surface area contributed by atoms with Crippen molar-refractivity contribution in [3.8, 4) is 5.75 Å². The number of ether oxygens (including phenoxy) is 1. The minimum Gasteiger partial charge on any atom is -0.497 e. The van der Waals surface area contributed by atoms with E-state index in [1.165, 1.54) is 12.1 Å². The molecular weight excluding hydrogens is 454 g/mol. The molecule has 0 aromatic heterocycles. The molecule has 2 aromatic rings. The number of hydrogen-bond donors (Lipinski definition) is 2. The van der Waals surface area contributed by atoms with Gasteiger partial charge in [0.2, 0.25) is 21.8 Å². The highest BCUT2D eigenvalue weighted by atomic mass is 32.2. The summed E-state index contributed by atoms with van der Waals surface area (Å²) >= 11 is 0. The first kappa shape index (κ1) is 27.3. The van der Waals surface area contributed by atoms with Gasteiger partial charge in [0.25, 0.3) is 0 Å². The van der Waals surface area contributed by atoms with E-state index in [1.807, 2.05) is 31.2 Å². The van der Waals surface area contributed by atoms with Gasteiger partial charge in [0, 0.05) is 26.1 Å². The molecule has 0 aliphatic carbocycles. The lowest BCUT2D eigenvalue weighted by atomic mass is 10.1. The van der Waals surface area contributed by atoms with Crippen LogP contribution in [-0.2, 0) is 32.6 Å². The van der Waals surface area contributed by atoms with E-state index in [0.717, 1.165) is 23.3 Å². The minimum atomic E-state index is -3.52. The maximum Gasteiger partial charge on any atom is 0.242 e. The van der Waals surface area contributed by atoms with Crippen LogP contribution in [0.5, 0.6) is 5.75 Å². The molecule has 0 unspecified atom stereocenters. The number of nitrogens with one attached hydrogen (secondary N) is 2. The van der Waals surface area contributed by atoms with Crippen LogP contribution in [0.15, 0.2) is 53.4 Å². The van der Waals surface area contributed by atoms with E-state index in [2.05, 4.69) is 10.0 Å². The van der Waals surface area contributed by atoms with E-state index in [0.29, 0.717) is 26.1 Å². The number of aryl methyl sites for hydroxylation is 1. The van der Waals surface area contributed by atoms with Gasteiger partial charge in [-0.15, -0.1) is 0 Å². The summed E-state index contributed by atoms with van der Waals surface area (Å²) in [5.74, 6) is 0.371. The highest BCUT2D eigenvalue weighted by Gasteiger charge is 2.25. The van der Waals surface area contributed by atoms with Crippen LogP contribution in [0, 0.1) is 0 Å². The third-order valence-electron chi connectivity index (χ3n) is 5.42. The minimum absolute atomic E-state index is 0.153. The van der Waals surface area contributed by atoms with Crippen LogP contribution in [0.1, 0.15) is 44.7 Å². The number of rotatable bonds is 13. The van der Waals surface area contributed by atoms with Crippen molar-refractivity contribution in [1.82, 2.24) is 14.9 Å². The molecule has 9 heteroatoms. The lowest BCUT2D eigenvalue weighted by Gasteiger charge is -2.29. The number of amides is 2. The van der Waals surface area contributed by atoms with E-state index < -0.39 is 16.1 Å². The molecule has 0 aliphatic rings. The number of benzene rings is 2. The van der Waals surface area contributed by atoms with Crippen LogP contribution >= 0.6 is 0 Å². The van der Waals surface area contributed by atoms with Crippen LogP contribution in [0.3, 0.4) is 0 Å². The molecule has 2 aromatic carbocycles. The molecule has 2 rings (SSSR count). The third-order valence-corrected chi connectivity index (χ3v) is 6.99. The van der Waals surface area contributed by atoms with Crippen molar-refractivity contribution < 1.29 is 22.7 Å². The van der Waals surface area contributed by atoms with Gasteiger partial charge in [-0.3, -0.25) is 9.59 Å². The lowest BCUT2D eigenvalue weighted by molar-refractivity contribution is -0.140. The van der Waals surface area contributed by atoms with E-state index in [4.69, 9.17) is 4.74 Å². The van der Waals surface area contributed by atoms with E-state index in [-0.39, 0.29) is 23.1 Å². The maximum atomic E-state index is 13.2. The monoisotopic (exact) mass is 489 g/mol. The zero-order chi connectivity index (χ0) is 25.1. The van der Waals surface area contributed by atoms with Crippen molar-refractivity contribution in [2.45, 2.75) is 57.5 Å². The van der Waals surface area contributed by atoms with Crippen molar-refractivity contribution in [3.63, 3.8) is 0 Å². The Morgan fingerprint density at radius 3 is 2.18 bits per heavy atom. The molecule has 2 amide bonds. The van der Waals surface area contributed by atoms with Gasteiger partial charge in [-0.1, -0.05) is 38.1 Å². The van der Waals surface area contributed by atoms with Gasteiger partial charge in [0.15, 0.2) is 0 Å². The van der Waals surface area contributed by atoms with Crippen molar-refractivity contribution in [3.05, 3.63) is 59.7 Å². The fourth-order valence-corrected chi connectivity index (χ4v) is 4.45. The molecule has 0 fully saturated rings. The van der Waals surface area contributed by atoms with Gasteiger partial charge in [-0.2, -0.15) is 0 Å². The standard InChI is InChI=1S/C25H35N3O5S/c1-5-17-26-25(30)19(3)28(18-21-7-12-22(33-4)13-8-21)24(29)16-11-20-9-14-23(15-10-20)34(31,32)27-6-2/h7-10,12-15,19,27H,5-6,11,16-18H2,1-4H3,(H,26,30)/t19-/m0/s1. The molecule has 34 heavy (non-hydrogen) atoms. The zero-order valence-electron chi connectivity index (χ0n) is 20.3. The van der Waals surface area contributed by atoms with E-state index in [1.54, 1.807) is 38.0 Å². The van der Waals surface area contributed by atoms with Gasteiger partial charge in [-0.05, 0) is 55.2 Å². The van der Waals surface area contributed by atoms with Crippen molar-refractivity contribution >= 4 is 21.8 Å². The van der Waals surface area contributed by atoms with E-state index in [9.17, 15) is 18.0 Å². The summed E-state index contributed by atoms with van der Waals surface area (Å²) < 4.78 is 31.9. The SMILES string of the molecule is CCCNC(=O)[C@H](C)N(Cc1ccc(OC)cc1)C(=O)CCc1ccc(S(=O)(=O)NCC)cc1. The number of sulfonamides is 1. The molecule has 8 nitrogen and oxygen atoms in total. The quantitative estimate of drug-likeness (QED) is 0.450. The van der Waals surface area contributed by atoms with Gasteiger partial charge in [0.05, 0.1) is 12.0 Å². The second-order valence-corrected chi connectivity index (χ2v) is 9.75. The van der Waals surface area contributed by atoms with Crippen LogP contribution in [0.2, 0.25) is 0 Å². The Kier molecular flexibility index (Phi) is 10.5. The predicted octanol–water partition coefficient (Wildman–Crippen LogP) is 2.87. The maximum absolute atomic E-state index is 13.2. The fraction of sp³-hybridized carbons (Fsp3) is 0.440. The van der Waals surface area contributed by atoms with Crippen molar-refractivity contribution in [2.24, 2.45) is 0 Å². The lowest BCUT2D eigenvalue weighted by Crippen LogP contribution is -2.47. The smallest absolute Gasteiger partial charge is 0.242 e.